The third-order valence-electron chi connectivity index (χ3n) is 5.13. The maximum atomic E-state index is 13.1. The second-order valence-electron chi connectivity index (χ2n) is 7.22. The highest BCUT2D eigenvalue weighted by Crippen LogP contribution is 2.40. The zero-order chi connectivity index (χ0) is 25.4. The first-order valence-corrected chi connectivity index (χ1v) is 10.5. The highest BCUT2D eigenvalue weighted by Gasteiger charge is 2.14. The predicted octanol–water partition coefficient (Wildman–Crippen LogP) is 5.54. The summed E-state index contributed by atoms with van der Waals surface area (Å²) in [4.78, 5) is 12.3. The van der Waals surface area contributed by atoms with Gasteiger partial charge in [-0.3, -0.25) is 4.79 Å². The van der Waals surface area contributed by atoms with Crippen LogP contribution in [0.25, 0.3) is 12.2 Å². The number of rotatable bonds is 10. The van der Waals surface area contributed by atoms with E-state index in [9.17, 15) is 14.3 Å². The van der Waals surface area contributed by atoms with E-state index in [0.29, 0.717) is 34.1 Å². The number of methoxy groups -OCH3 is 4. The van der Waals surface area contributed by atoms with Crippen molar-refractivity contribution in [2.75, 3.05) is 33.8 Å². The Kier molecular flexibility index (Phi) is 8.34. The topological polar surface area (TPSA) is 86.3 Å². The molecular formula is C27H26FNO6. The summed E-state index contributed by atoms with van der Waals surface area (Å²) in [6.45, 7) is 0. The monoisotopic (exact) mass is 479 g/mol. The zero-order valence-corrected chi connectivity index (χ0v) is 19.8. The molecule has 0 aliphatic heterocycles. The third kappa shape index (κ3) is 5.92. The van der Waals surface area contributed by atoms with Gasteiger partial charge in [-0.1, -0.05) is 12.2 Å². The maximum absolute atomic E-state index is 13.1. The van der Waals surface area contributed by atoms with E-state index in [4.69, 9.17) is 18.9 Å². The molecule has 0 unspecified atom stereocenters. The Morgan fingerprint density at radius 2 is 1.49 bits per heavy atom. The van der Waals surface area contributed by atoms with Gasteiger partial charge >= 0.3 is 0 Å². The Balaban J connectivity index is 1.91. The first-order valence-electron chi connectivity index (χ1n) is 10.5. The van der Waals surface area contributed by atoms with Gasteiger partial charge in [0, 0.05) is 23.4 Å². The van der Waals surface area contributed by atoms with Crippen LogP contribution in [0.1, 0.15) is 21.5 Å². The first-order chi connectivity index (χ1) is 16.9. The van der Waals surface area contributed by atoms with E-state index in [-0.39, 0.29) is 17.3 Å². The van der Waals surface area contributed by atoms with E-state index in [1.54, 1.807) is 30.3 Å². The third-order valence-corrected chi connectivity index (χ3v) is 5.13. The summed E-state index contributed by atoms with van der Waals surface area (Å²) >= 11 is 0. The summed E-state index contributed by atoms with van der Waals surface area (Å²) in [6, 6.07) is 12.2. The lowest BCUT2D eigenvalue weighted by molar-refractivity contribution is 0.104. The quantitative estimate of drug-likeness (QED) is 0.171. The van der Waals surface area contributed by atoms with Crippen molar-refractivity contribution in [2.45, 2.75) is 0 Å². The van der Waals surface area contributed by atoms with Crippen molar-refractivity contribution >= 4 is 23.6 Å². The summed E-state index contributed by atoms with van der Waals surface area (Å²) in [5.41, 5.74) is 2.05. The normalized spacial score (nSPS) is 11.0. The van der Waals surface area contributed by atoms with Crippen molar-refractivity contribution in [1.29, 1.82) is 0 Å². The molecule has 3 aromatic rings. The van der Waals surface area contributed by atoms with E-state index in [0.717, 1.165) is 5.56 Å². The minimum atomic E-state index is -0.423. The fourth-order valence-corrected chi connectivity index (χ4v) is 3.34. The number of halogens is 1. The van der Waals surface area contributed by atoms with E-state index in [1.165, 1.54) is 65.0 Å². The number of carbonyl (C=O) groups excluding carboxylic acids is 1. The average molecular weight is 480 g/mol. The molecule has 0 fully saturated rings. The minimum absolute atomic E-state index is 0.126. The number of hydrogen-bond acceptors (Lipinski definition) is 7. The van der Waals surface area contributed by atoms with Gasteiger partial charge in [0.1, 0.15) is 5.82 Å². The molecule has 3 aromatic carbocycles. The van der Waals surface area contributed by atoms with Crippen LogP contribution in [-0.2, 0) is 0 Å². The van der Waals surface area contributed by atoms with Crippen LogP contribution in [0.15, 0.2) is 60.8 Å². The van der Waals surface area contributed by atoms with Crippen LogP contribution in [0.3, 0.4) is 0 Å². The summed E-state index contributed by atoms with van der Waals surface area (Å²) in [5.74, 6) is 0.874. The number of ketones is 1. The van der Waals surface area contributed by atoms with E-state index in [2.05, 4.69) is 5.32 Å². The molecule has 3 rings (SSSR count). The van der Waals surface area contributed by atoms with Crippen molar-refractivity contribution in [3.05, 3.63) is 83.3 Å². The van der Waals surface area contributed by atoms with Crippen LogP contribution in [0.5, 0.6) is 28.7 Å². The lowest BCUT2D eigenvalue weighted by Crippen LogP contribution is -1.98. The second kappa shape index (κ2) is 11.6. The average Bonchev–Trinajstić information content (AvgIpc) is 2.88. The van der Waals surface area contributed by atoms with Crippen LogP contribution in [0.4, 0.5) is 10.1 Å². The van der Waals surface area contributed by atoms with Gasteiger partial charge in [0.05, 0.1) is 34.1 Å². The molecule has 0 aliphatic rings. The van der Waals surface area contributed by atoms with Gasteiger partial charge < -0.3 is 29.4 Å². The fourth-order valence-electron chi connectivity index (χ4n) is 3.34. The molecule has 0 aliphatic carbocycles. The highest BCUT2D eigenvalue weighted by atomic mass is 19.1. The van der Waals surface area contributed by atoms with Crippen LogP contribution in [-0.4, -0.2) is 39.3 Å². The minimum Gasteiger partial charge on any atom is -0.503 e. The lowest BCUT2D eigenvalue weighted by atomic mass is 10.1. The van der Waals surface area contributed by atoms with E-state index < -0.39 is 5.82 Å². The molecule has 0 radical (unpaired) electrons. The molecule has 2 N–H and O–H groups in total. The Hall–Kier alpha value is -4.46. The molecule has 0 heterocycles. The Morgan fingerprint density at radius 3 is 2.06 bits per heavy atom. The first kappa shape index (κ1) is 25.2. The van der Waals surface area contributed by atoms with Crippen LogP contribution in [0, 0.1) is 5.82 Å². The molecule has 0 saturated carbocycles. The number of carbonyl (C=O) groups is 1. The molecule has 0 spiro atoms. The molecular weight excluding hydrogens is 453 g/mol. The van der Waals surface area contributed by atoms with E-state index in [1.807, 2.05) is 6.08 Å². The highest BCUT2D eigenvalue weighted by molar-refractivity contribution is 6.04. The molecule has 0 aromatic heterocycles. The second-order valence-corrected chi connectivity index (χ2v) is 7.22. The van der Waals surface area contributed by atoms with Crippen LogP contribution in [0.2, 0.25) is 0 Å². The van der Waals surface area contributed by atoms with Gasteiger partial charge in [0.15, 0.2) is 28.8 Å². The van der Waals surface area contributed by atoms with Gasteiger partial charge in [0.2, 0.25) is 5.75 Å². The van der Waals surface area contributed by atoms with Crippen molar-refractivity contribution in [1.82, 2.24) is 0 Å². The Labute approximate surface area is 203 Å². The standard InChI is InChI=1S/C27H26FNO6/c1-32-22-12-9-19(6-5-17-15-23(33-2)27(35-4)24(16-17)34-3)25(26(22)31)29-14-13-21(30)18-7-10-20(28)11-8-18/h5-16,29,31H,1-4H3/b6-5-,14-13-. The van der Waals surface area contributed by atoms with Crippen LogP contribution < -0.4 is 24.3 Å². The molecule has 0 bridgehead atoms. The van der Waals surface area contributed by atoms with Gasteiger partial charge in [-0.15, -0.1) is 0 Å². The molecule has 0 saturated heterocycles. The molecule has 8 heteroatoms. The molecule has 7 nitrogen and oxygen atoms in total. The SMILES string of the molecule is COc1ccc(/C=C\c2cc(OC)c(OC)c(OC)c2)c(N/C=C\C(=O)c2ccc(F)cc2)c1O. The molecule has 0 atom stereocenters. The summed E-state index contributed by atoms with van der Waals surface area (Å²) < 4.78 is 34.4. The number of phenols is 1. The van der Waals surface area contributed by atoms with E-state index >= 15 is 0 Å². The van der Waals surface area contributed by atoms with Gasteiger partial charge in [-0.2, -0.15) is 0 Å². The summed E-state index contributed by atoms with van der Waals surface area (Å²) in [7, 11) is 6.04. The fraction of sp³-hybridized carbons (Fsp3) is 0.148. The number of ether oxygens (including phenoxy) is 4. The van der Waals surface area contributed by atoms with Gasteiger partial charge in [-0.05, 0) is 54.1 Å². The number of anilines is 1. The largest absolute Gasteiger partial charge is 0.503 e. The van der Waals surface area contributed by atoms with Crippen molar-refractivity contribution in [3.8, 4) is 28.7 Å². The summed E-state index contributed by atoms with van der Waals surface area (Å²) in [5, 5.41) is 13.6. The smallest absolute Gasteiger partial charge is 0.203 e. The summed E-state index contributed by atoms with van der Waals surface area (Å²) in [6.07, 6.45) is 6.28. The number of benzene rings is 3. The Bertz CT molecular complexity index is 1230. The van der Waals surface area contributed by atoms with Gasteiger partial charge in [-0.25, -0.2) is 4.39 Å². The van der Waals surface area contributed by atoms with Gasteiger partial charge in [0.25, 0.3) is 0 Å². The van der Waals surface area contributed by atoms with Crippen molar-refractivity contribution in [3.63, 3.8) is 0 Å². The van der Waals surface area contributed by atoms with Crippen LogP contribution >= 0.6 is 0 Å². The number of allylic oxidation sites excluding steroid dienone is 1. The zero-order valence-electron chi connectivity index (χ0n) is 19.8. The number of phenolic OH excluding ortho intramolecular Hbond substituents is 1. The van der Waals surface area contributed by atoms with Crippen molar-refractivity contribution < 1.29 is 33.2 Å². The number of aromatic hydroxyl groups is 1. The number of nitrogens with one attached hydrogen (secondary N) is 1. The predicted molar refractivity (Wildman–Crippen MR) is 133 cm³/mol. The number of hydrogen-bond donors (Lipinski definition) is 2. The molecule has 0 amide bonds. The molecule has 182 valence electrons. The maximum Gasteiger partial charge on any atom is 0.203 e. The Morgan fingerprint density at radius 1 is 0.857 bits per heavy atom. The lowest BCUT2D eigenvalue weighted by Gasteiger charge is -2.13. The molecule has 35 heavy (non-hydrogen) atoms. The van der Waals surface area contributed by atoms with Crippen molar-refractivity contribution in [2.24, 2.45) is 0 Å².